The maximum absolute atomic E-state index is 10.8. The lowest BCUT2D eigenvalue weighted by atomic mass is 9.63. The van der Waals surface area contributed by atoms with Crippen LogP contribution in [0.5, 0.6) is 0 Å². The lowest BCUT2D eigenvalue weighted by Gasteiger charge is -2.46. The van der Waals surface area contributed by atoms with Crippen LogP contribution < -0.4 is 5.73 Å². The van der Waals surface area contributed by atoms with E-state index in [0.717, 1.165) is 44.8 Å². The lowest BCUT2D eigenvalue weighted by Crippen LogP contribution is -2.49. The highest BCUT2D eigenvalue weighted by molar-refractivity contribution is 4.95. The van der Waals surface area contributed by atoms with Crippen molar-refractivity contribution in [3.8, 4) is 0 Å². The number of hydrogen-bond donors (Lipinski definition) is 2. The van der Waals surface area contributed by atoms with E-state index in [9.17, 15) is 5.11 Å². The van der Waals surface area contributed by atoms with E-state index in [1.54, 1.807) is 0 Å². The van der Waals surface area contributed by atoms with Gasteiger partial charge in [0.15, 0.2) is 0 Å². The zero-order valence-electron chi connectivity index (χ0n) is 12.4. The van der Waals surface area contributed by atoms with Gasteiger partial charge in [-0.15, -0.1) is 0 Å². The van der Waals surface area contributed by atoms with Crippen molar-refractivity contribution in [1.82, 2.24) is 0 Å². The summed E-state index contributed by atoms with van der Waals surface area (Å²) in [6.07, 6.45) is 9.15. The number of aliphatic hydroxyl groups is 1. The molecule has 19 heavy (non-hydrogen) atoms. The van der Waals surface area contributed by atoms with Crippen molar-refractivity contribution in [2.24, 2.45) is 23.0 Å². The fraction of sp³-hybridized carbons (Fsp3) is 1.00. The highest BCUT2D eigenvalue weighted by Crippen LogP contribution is 2.45. The largest absolute Gasteiger partial charge is 0.392 e. The van der Waals surface area contributed by atoms with Gasteiger partial charge in [0.2, 0.25) is 0 Å². The van der Waals surface area contributed by atoms with Crippen molar-refractivity contribution >= 4 is 0 Å². The first-order chi connectivity index (χ1) is 9.22. The van der Waals surface area contributed by atoms with Gasteiger partial charge >= 0.3 is 0 Å². The summed E-state index contributed by atoms with van der Waals surface area (Å²) in [4.78, 5) is 0. The molecule has 2 rings (SSSR count). The summed E-state index contributed by atoms with van der Waals surface area (Å²) in [5, 5.41) is 10.8. The molecule has 3 heteroatoms. The molecule has 1 atom stereocenters. The Morgan fingerprint density at radius 2 is 1.84 bits per heavy atom. The number of hydrogen-bond acceptors (Lipinski definition) is 3. The molecule has 2 aliphatic rings. The summed E-state index contributed by atoms with van der Waals surface area (Å²) < 4.78 is 5.41. The number of ether oxygens (including phenoxy) is 1. The Hall–Kier alpha value is -0.120. The van der Waals surface area contributed by atoms with Crippen LogP contribution in [0.4, 0.5) is 0 Å². The first-order valence-corrected chi connectivity index (χ1v) is 8.17. The predicted molar refractivity (Wildman–Crippen MR) is 77.9 cm³/mol. The molecule has 0 spiro atoms. The van der Waals surface area contributed by atoms with E-state index >= 15 is 0 Å². The van der Waals surface area contributed by atoms with E-state index in [1.807, 2.05) is 0 Å². The van der Waals surface area contributed by atoms with E-state index in [-0.39, 0.29) is 11.5 Å². The van der Waals surface area contributed by atoms with Crippen LogP contribution in [0.3, 0.4) is 0 Å². The van der Waals surface area contributed by atoms with E-state index in [1.165, 1.54) is 25.7 Å². The Kier molecular flexibility index (Phi) is 5.67. The minimum atomic E-state index is -0.219. The Morgan fingerprint density at radius 1 is 1.21 bits per heavy atom. The van der Waals surface area contributed by atoms with Crippen molar-refractivity contribution in [3.05, 3.63) is 0 Å². The topological polar surface area (TPSA) is 55.5 Å². The maximum Gasteiger partial charge on any atom is 0.0638 e. The summed E-state index contributed by atoms with van der Waals surface area (Å²) >= 11 is 0. The van der Waals surface area contributed by atoms with Crippen LogP contribution in [-0.2, 0) is 4.74 Å². The number of nitrogens with two attached hydrogens (primary N) is 1. The van der Waals surface area contributed by atoms with Gasteiger partial charge in [-0.3, -0.25) is 0 Å². The molecule has 1 saturated carbocycles. The summed E-state index contributed by atoms with van der Waals surface area (Å²) in [5.41, 5.74) is 6.07. The van der Waals surface area contributed by atoms with Crippen LogP contribution in [-0.4, -0.2) is 31.0 Å². The van der Waals surface area contributed by atoms with Crippen LogP contribution in [0.15, 0.2) is 0 Å². The molecule has 2 fully saturated rings. The molecular weight excluding hydrogens is 238 g/mol. The summed E-state index contributed by atoms with van der Waals surface area (Å²) in [6, 6.07) is 0. The lowest BCUT2D eigenvalue weighted by molar-refractivity contribution is -0.0750. The van der Waals surface area contributed by atoms with E-state index in [4.69, 9.17) is 10.5 Å². The zero-order valence-corrected chi connectivity index (χ0v) is 12.4. The Labute approximate surface area is 117 Å². The molecule has 0 aromatic rings. The van der Waals surface area contributed by atoms with Crippen molar-refractivity contribution in [2.45, 2.75) is 64.4 Å². The second kappa shape index (κ2) is 7.05. The van der Waals surface area contributed by atoms with Gasteiger partial charge in [0.25, 0.3) is 0 Å². The smallest absolute Gasteiger partial charge is 0.0638 e. The normalized spacial score (nSPS) is 35.2. The molecule has 1 unspecified atom stereocenters. The van der Waals surface area contributed by atoms with Crippen molar-refractivity contribution in [2.75, 3.05) is 19.8 Å². The molecular formula is C16H31NO2. The average molecular weight is 269 g/mol. The average Bonchev–Trinajstić information content (AvgIpc) is 2.49. The van der Waals surface area contributed by atoms with Crippen LogP contribution in [0, 0.1) is 17.3 Å². The highest BCUT2D eigenvalue weighted by atomic mass is 16.5. The minimum Gasteiger partial charge on any atom is -0.392 e. The van der Waals surface area contributed by atoms with E-state index in [2.05, 4.69) is 6.92 Å². The van der Waals surface area contributed by atoms with Gasteiger partial charge in [0, 0.05) is 25.2 Å². The number of rotatable bonds is 5. The molecule has 0 bridgehead atoms. The van der Waals surface area contributed by atoms with Gasteiger partial charge in [0.1, 0.15) is 0 Å². The first-order valence-electron chi connectivity index (χ1n) is 8.17. The van der Waals surface area contributed by atoms with Crippen LogP contribution >= 0.6 is 0 Å². The highest BCUT2D eigenvalue weighted by Gasteiger charge is 2.43. The zero-order chi connectivity index (χ0) is 13.7. The molecule has 1 aliphatic carbocycles. The summed E-state index contributed by atoms with van der Waals surface area (Å²) in [7, 11) is 0. The van der Waals surface area contributed by atoms with Gasteiger partial charge < -0.3 is 15.6 Å². The third-order valence-electron chi connectivity index (χ3n) is 5.54. The third-order valence-corrected chi connectivity index (χ3v) is 5.54. The van der Waals surface area contributed by atoms with E-state index in [0.29, 0.717) is 12.5 Å². The SMILES string of the molecule is CCCC1CCC(CN)(C(O)C2CCOCC2)CC1. The predicted octanol–water partition coefficient (Wildman–Crippen LogP) is 2.71. The molecule has 0 radical (unpaired) electrons. The van der Waals surface area contributed by atoms with Gasteiger partial charge in [-0.1, -0.05) is 19.8 Å². The fourth-order valence-corrected chi connectivity index (χ4v) is 4.10. The summed E-state index contributed by atoms with van der Waals surface area (Å²) in [5.74, 6) is 1.27. The second-order valence-electron chi connectivity index (χ2n) is 6.69. The number of aliphatic hydroxyl groups excluding tert-OH is 1. The Balaban J connectivity index is 1.94. The molecule has 112 valence electrons. The third kappa shape index (κ3) is 3.50. The summed E-state index contributed by atoms with van der Waals surface area (Å²) in [6.45, 7) is 4.52. The van der Waals surface area contributed by atoms with Gasteiger partial charge in [-0.25, -0.2) is 0 Å². The quantitative estimate of drug-likeness (QED) is 0.807. The van der Waals surface area contributed by atoms with Crippen molar-refractivity contribution in [1.29, 1.82) is 0 Å². The van der Waals surface area contributed by atoms with Crippen LogP contribution in [0.2, 0.25) is 0 Å². The molecule has 3 N–H and O–H groups in total. The van der Waals surface area contributed by atoms with Gasteiger partial charge in [0.05, 0.1) is 6.10 Å². The molecule has 0 amide bonds. The second-order valence-corrected chi connectivity index (χ2v) is 6.69. The fourth-order valence-electron chi connectivity index (χ4n) is 4.10. The van der Waals surface area contributed by atoms with Crippen LogP contribution in [0.25, 0.3) is 0 Å². The Morgan fingerprint density at radius 3 is 2.37 bits per heavy atom. The van der Waals surface area contributed by atoms with Gasteiger partial charge in [-0.05, 0) is 50.4 Å². The molecule has 1 heterocycles. The molecule has 1 aliphatic heterocycles. The Bertz CT molecular complexity index is 255. The standard InChI is InChI=1S/C16H31NO2/c1-2-3-13-4-8-16(12-17,9-5-13)15(18)14-6-10-19-11-7-14/h13-15,18H,2-12,17H2,1H3. The molecule has 0 aromatic heterocycles. The first kappa shape index (κ1) is 15.3. The van der Waals surface area contributed by atoms with Gasteiger partial charge in [-0.2, -0.15) is 0 Å². The monoisotopic (exact) mass is 269 g/mol. The van der Waals surface area contributed by atoms with Crippen LogP contribution in [0.1, 0.15) is 58.3 Å². The molecule has 0 aromatic carbocycles. The molecule has 1 saturated heterocycles. The van der Waals surface area contributed by atoms with Crippen molar-refractivity contribution < 1.29 is 9.84 Å². The maximum atomic E-state index is 10.8. The van der Waals surface area contributed by atoms with Crippen molar-refractivity contribution in [3.63, 3.8) is 0 Å². The van der Waals surface area contributed by atoms with E-state index < -0.39 is 0 Å². The molecule has 3 nitrogen and oxygen atoms in total. The minimum absolute atomic E-state index is 0.00769.